The molecule has 0 saturated carbocycles. The van der Waals surface area contributed by atoms with Gasteiger partial charge in [-0.15, -0.1) is 12.2 Å². The molecule has 44 heavy (non-hydrogen) atoms. The van der Waals surface area contributed by atoms with Crippen LogP contribution in [0.4, 0.5) is 10.5 Å². The molecule has 0 aliphatic heterocycles. The van der Waals surface area contributed by atoms with E-state index in [0.29, 0.717) is 43.8 Å². The van der Waals surface area contributed by atoms with Crippen molar-refractivity contribution in [3.05, 3.63) is 57.0 Å². The zero-order valence-electron chi connectivity index (χ0n) is 27.2. The van der Waals surface area contributed by atoms with Gasteiger partial charge >= 0.3 is 175 Å². The second-order valence-electron chi connectivity index (χ2n) is 9.84. The van der Waals surface area contributed by atoms with E-state index in [4.69, 9.17) is 4.74 Å². The monoisotopic (exact) mass is 825 g/mol. The second-order valence-corrected chi connectivity index (χ2v) is 9.84. The Hall–Kier alpha value is 1.69. The standard InChI is InChI=1S/C30H45N5O6.3Rb.H2/c1-22(36)9-4-3-7-16-33-30(40)34-17-8-19-41-20-18-32-27(37)21-28(38)35-24-14-12-23(13-15-24)29(39)25-10-5-6-11-26(25)31-2;;;;/h12-15H,3-11,16-21H2,1-2H3,(H5,31,32,33,34,35,37,38,39,40);;;;1H/q;3*+1;/p-3. The van der Waals surface area contributed by atoms with Crippen molar-refractivity contribution in [1.82, 2.24) is 10.6 Å². The molecule has 0 atom stereocenters. The molecule has 2 N–H and O–H groups in total. The average Bonchev–Trinajstić information content (AvgIpc) is 2.96. The number of urea groups is 1. The third kappa shape index (κ3) is 21.6. The molecule has 1 aromatic carbocycles. The van der Waals surface area contributed by atoms with E-state index < -0.39 is 18.2 Å². The van der Waals surface area contributed by atoms with Crippen LogP contribution in [-0.4, -0.2) is 69.3 Å². The molecule has 1 aromatic rings. The minimum atomic E-state index is -0.609. The van der Waals surface area contributed by atoms with Gasteiger partial charge in [0.1, 0.15) is 5.78 Å². The van der Waals surface area contributed by atoms with Gasteiger partial charge in [-0.1, -0.05) is 43.7 Å². The van der Waals surface area contributed by atoms with Crippen LogP contribution in [0, 0.1) is 0 Å². The van der Waals surface area contributed by atoms with Gasteiger partial charge in [-0.25, -0.2) is 0 Å². The number of unbranched alkanes of at least 4 members (excludes halogenated alkanes) is 2. The molecular weight excluding hydrogens is 783 g/mol. The Labute approximate surface area is 410 Å². The van der Waals surface area contributed by atoms with E-state index in [0.717, 1.165) is 56.2 Å². The van der Waals surface area contributed by atoms with Gasteiger partial charge in [0.2, 0.25) is 0 Å². The molecule has 0 fully saturated rings. The number of amides is 4. The van der Waals surface area contributed by atoms with E-state index >= 15 is 0 Å². The first-order valence-electron chi connectivity index (χ1n) is 14.3. The van der Waals surface area contributed by atoms with Gasteiger partial charge in [0.15, 0.2) is 11.8 Å². The average molecular weight is 827 g/mol. The van der Waals surface area contributed by atoms with Gasteiger partial charge in [-0.2, -0.15) is 0 Å². The summed E-state index contributed by atoms with van der Waals surface area (Å²) >= 11 is 0. The van der Waals surface area contributed by atoms with Gasteiger partial charge in [-0.05, 0) is 52.0 Å². The number of carbonyl (C=O) groups excluding carboxylic acids is 5. The predicted octanol–water partition coefficient (Wildman–Crippen LogP) is -3.36. The number of nitrogens with one attached hydrogen (secondary N) is 2. The fourth-order valence-corrected chi connectivity index (χ4v) is 4.27. The van der Waals surface area contributed by atoms with E-state index in [1.54, 1.807) is 31.2 Å². The Kier molecular flexibility index (Phi) is 32.1. The van der Waals surface area contributed by atoms with Crippen molar-refractivity contribution < 1.29 is 205 Å². The van der Waals surface area contributed by atoms with Crippen molar-refractivity contribution in [1.29, 1.82) is 0 Å². The molecule has 0 saturated heterocycles. The van der Waals surface area contributed by atoms with Crippen LogP contribution < -0.4 is 185 Å². The molecule has 228 valence electrons. The molecule has 0 spiro atoms. The molecule has 0 aromatic heterocycles. The van der Waals surface area contributed by atoms with Gasteiger partial charge in [0.25, 0.3) is 0 Å². The molecule has 14 heteroatoms. The summed E-state index contributed by atoms with van der Waals surface area (Å²) in [5, 5.41) is 17.5. The van der Waals surface area contributed by atoms with Gasteiger partial charge < -0.3 is 45.7 Å². The molecule has 4 amide bonds. The van der Waals surface area contributed by atoms with Crippen molar-refractivity contribution >= 4 is 35.1 Å². The summed E-state index contributed by atoms with van der Waals surface area (Å²) in [5.74, 6) is -1.03. The van der Waals surface area contributed by atoms with Crippen LogP contribution in [0.25, 0.3) is 16.0 Å². The van der Waals surface area contributed by atoms with E-state index in [1.807, 2.05) is 7.05 Å². The number of Topliss-reactive ketones (excluding diaryl/α,β-unsaturated/α-hetero) is 2. The second kappa shape index (κ2) is 29.6. The van der Waals surface area contributed by atoms with Gasteiger partial charge in [0.05, 0.1) is 11.8 Å². The first-order valence-corrected chi connectivity index (χ1v) is 14.3. The minimum Gasteiger partial charge on any atom is -0.651 e. The summed E-state index contributed by atoms with van der Waals surface area (Å²) < 4.78 is 5.39. The Bertz CT molecular complexity index is 1080. The smallest absolute Gasteiger partial charge is 0.651 e. The topological polar surface area (TPSA) is 161 Å². The predicted molar refractivity (Wildman–Crippen MR) is 160 cm³/mol. The fraction of sp³-hybridized carbons (Fsp3) is 0.567. The number of nitrogens with zero attached hydrogens (tertiary/aromatic N) is 3. The van der Waals surface area contributed by atoms with E-state index in [-0.39, 0.29) is 207 Å². The number of ether oxygens (including phenoxy) is 1. The Morgan fingerprint density at radius 3 is 2.23 bits per heavy atom. The van der Waals surface area contributed by atoms with Crippen LogP contribution in [0.1, 0.15) is 82.9 Å². The van der Waals surface area contributed by atoms with Crippen molar-refractivity contribution in [3.63, 3.8) is 0 Å². The normalized spacial score (nSPS) is 12.0. The molecule has 1 aliphatic rings. The van der Waals surface area contributed by atoms with Crippen LogP contribution >= 0.6 is 0 Å². The number of ketones is 2. The summed E-state index contributed by atoms with van der Waals surface area (Å²) in [4.78, 5) is 59.5. The summed E-state index contributed by atoms with van der Waals surface area (Å²) in [6.45, 7) is 3.13. The zero-order chi connectivity index (χ0) is 29.9. The van der Waals surface area contributed by atoms with Crippen LogP contribution in [0.5, 0.6) is 0 Å². The van der Waals surface area contributed by atoms with Gasteiger partial charge in [-0.3, -0.25) is 9.59 Å². The van der Waals surface area contributed by atoms with Crippen molar-refractivity contribution in [2.45, 2.75) is 71.1 Å². The molecule has 1 aliphatic carbocycles. The van der Waals surface area contributed by atoms with E-state index in [1.165, 1.54) is 0 Å². The third-order valence-corrected chi connectivity index (χ3v) is 6.44. The molecule has 0 radical (unpaired) electrons. The molecule has 0 bridgehead atoms. The minimum absolute atomic E-state index is 0. The zero-order valence-corrected chi connectivity index (χ0v) is 42.0. The van der Waals surface area contributed by atoms with Crippen molar-refractivity contribution in [3.8, 4) is 0 Å². The molecule has 2 rings (SSSR count). The number of rotatable bonds is 19. The van der Waals surface area contributed by atoms with Crippen LogP contribution in [0.15, 0.2) is 35.5 Å². The quantitative estimate of drug-likeness (QED) is 0.0838. The third-order valence-electron chi connectivity index (χ3n) is 6.44. The summed E-state index contributed by atoms with van der Waals surface area (Å²) in [5.41, 5.74) is 2.70. The Morgan fingerprint density at radius 2 is 1.55 bits per heavy atom. The van der Waals surface area contributed by atoms with Gasteiger partial charge in [0, 0.05) is 51.4 Å². The fourth-order valence-electron chi connectivity index (χ4n) is 4.27. The Balaban J connectivity index is -0.00000441. The number of allylic oxidation sites excluding steroid dienone is 2. The molecule has 11 nitrogen and oxygen atoms in total. The SMILES string of the molecule is CNC1=C(C(=O)c2ccc([N-]C(=O)CC(=O)[N-]CCOCCC[N-]C(=O)NCCCCCC(C)=O)cc2)CCCC1.[HH].[Rb+].[Rb+].[Rb+]. The number of carbonyl (C=O) groups is 5. The van der Waals surface area contributed by atoms with Crippen molar-refractivity contribution in [2.75, 3.05) is 39.9 Å². The van der Waals surface area contributed by atoms with Crippen molar-refractivity contribution in [2.24, 2.45) is 0 Å². The first kappa shape index (κ1) is 47.8. The van der Waals surface area contributed by atoms with Crippen LogP contribution in [-0.2, 0) is 19.1 Å². The summed E-state index contributed by atoms with van der Waals surface area (Å²) in [6, 6.07) is 6.12. The molecule has 0 heterocycles. The maximum Gasteiger partial charge on any atom is 1.00 e. The van der Waals surface area contributed by atoms with E-state index in [9.17, 15) is 24.0 Å². The molecular formula is C30H44N5O6Rb3. The maximum atomic E-state index is 12.9. The first-order chi connectivity index (χ1) is 19.8. The summed E-state index contributed by atoms with van der Waals surface area (Å²) in [7, 11) is 1.83. The van der Waals surface area contributed by atoms with Crippen LogP contribution in [0.3, 0.4) is 0 Å². The number of hydrogen-bond acceptors (Lipinski definition) is 7. The number of hydrogen-bond donors (Lipinski definition) is 2. The Morgan fingerprint density at radius 1 is 0.841 bits per heavy atom. The summed E-state index contributed by atoms with van der Waals surface area (Å²) in [6.07, 6.45) is 6.88. The number of benzene rings is 1. The maximum absolute atomic E-state index is 12.9. The van der Waals surface area contributed by atoms with E-state index in [2.05, 4.69) is 26.6 Å². The largest absolute Gasteiger partial charge is 1.00 e. The molecule has 0 unspecified atom stereocenters. The van der Waals surface area contributed by atoms with Crippen LogP contribution in [0.2, 0.25) is 0 Å².